The van der Waals surface area contributed by atoms with Crippen molar-refractivity contribution in [2.24, 2.45) is 0 Å². The van der Waals surface area contributed by atoms with Crippen LogP contribution in [-0.2, 0) is 4.74 Å². The molecule has 70 valence electrons. The predicted molar refractivity (Wildman–Crippen MR) is 49.0 cm³/mol. The van der Waals surface area contributed by atoms with E-state index in [1.165, 1.54) is 0 Å². The third kappa shape index (κ3) is 2.61. The van der Waals surface area contributed by atoms with E-state index in [4.69, 9.17) is 9.84 Å². The molecule has 1 rings (SSSR count). The Bertz CT molecular complexity index is 157. The van der Waals surface area contributed by atoms with Crippen LogP contribution in [0.2, 0.25) is 0 Å². The minimum atomic E-state index is 0.171. The molecule has 2 nitrogen and oxygen atoms in total. The predicted octanol–water partition coefficient (Wildman–Crippen LogP) is 1.88. The van der Waals surface area contributed by atoms with Gasteiger partial charge in [0.1, 0.15) is 0 Å². The normalized spacial score (nSPS) is 31.1. The fourth-order valence-corrected chi connectivity index (χ4v) is 1.50. The number of hydrogen-bond donors (Lipinski definition) is 1. The Morgan fingerprint density at radius 3 is 2.75 bits per heavy atom. The Labute approximate surface area is 74.2 Å². The Kier molecular flexibility index (Phi) is 3.76. The van der Waals surface area contributed by atoms with Crippen LogP contribution in [0.5, 0.6) is 0 Å². The number of ether oxygens (including phenoxy) is 1. The lowest BCUT2D eigenvalue weighted by molar-refractivity contribution is 0.0824. The fourth-order valence-electron chi connectivity index (χ4n) is 1.50. The summed E-state index contributed by atoms with van der Waals surface area (Å²) >= 11 is 0. The zero-order valence-electron chi connectivity index (χ0n) is 7.92. The molecule has 2 heteroatoms. The molecule has 1 aliphatic rings. The summed E-state index contributed by atoms with van der Waals surface area (Å²) in [6.45, 7) is 4.32. The van der Waals surface area contributed by atoms with E-state index < -0.39 is 0 Å². The standard InChI is InChI=1S/C10H18O2/c1-3-9(7-11)6-10-5-4-8(2)12-10/h6,8,10-11H,3-5,7H2,1-2H3/b9-6-. The van der Waals surface area contributed by atoms with Crippen molar-refractivity contribution < 1.29 is 9.84 Å². The minimum absolute atomic E-state index is 0.171. The monoisotopic (exact) mass is 170 g/mol. The zero-order valence-corrected chi connectivity index (χ0v) is 7.92. The highest BCUT2D eigenvalue weighted by Gasteiger charge is 2.19. The highest BCUT2D eigenvalue weighted by atomic mass is 16.5. The van der Waals surface area contributed by atoms with Gasteiger partial charge in [-0.25, -0.2) is 0 Å². The van der Waals surface area contributed by atoms with Gasteiger partial charge in [-0.15, -0.1) is 0 Å². The van der Waals surface area contributed by atoms with Crippen LogP contribution >= 0.6 is 0 Å². The molecule has 1 heterocycles. The minimum Gasteiger partial charge on any atom is -0.392 e. The molecule has 0 aromatic rings. The molecule has 2 unspecified atom stereocenters. The SMILES string of the molecule is CC/C(=C/C1CCC(C)O1)CO. The van der Waals surface area contributed by atoms with Gasteiger partial charge in [0, 0.05) is 0 Å². The molecule has 0 saturated carbocycles. The number of aliphatic hydroxyl groups excluding tert-OH is 1. The van der Waals surface area contributed by atoms with Crippen molar-refractivity contribution in [1.29, 1.82) is 0 Å². The van der Waals surface area contributed by atoms with E-state index in [9.17, 15) is 0 Å². The maximum absolute atomic E-state index is 8.93. The maximum Gasteiger partial charge on any atom is 0.0763 e. The molecular formula is C10H18O2. The largest absolute Gasteiger partial charge is 0.392 e. The third-order valence-electron chi connectivity index (χ3n) is 2.34. The molecule has 0 aliphatic carbocycles. The van der Waals surface area contributed by atoms with Gasteiger partial charge < -0.3 is 9.84 Å². The number of rotatable bonds is 3. The molecule has 12 heavy (non-hydrogen) atoms. The van der Waals surface area contributed by atoms with Crippen LogP contribution in [-0.4, -0.2) is 23.9 Å². The molecule has 0 radical (unpaired) electrons. The smallest absolute Gasteiger partial charge is 0.0763 e. The van der Waals surface area contributed by atoms with Crippen LogP contribution in [0.1, 0.15) is 33.1 Å². The van der Waals surface area contributed by atoms with Gasteiger partial charge in [-0.2, -0.15) is 0 Å². The summed E-state index contributed by atoms with van der Waals surface area (Å²) in [5.41, 5.74) is 1.09. The maximum atomic E-state index is 8.93. The van der Waals surface area contributed by atoms with E-state index >= 15 is 0 Å². The van der Waals surface area contributed by atoms with Gasteiger partial charge in [0.15, 0.2) is 0 Å². The second-order valence-corrected chi connectivity index (χ2v) is 3.40. The molecule has 2 atom stereocenters. The molecule has 1 N–H and O–H groups in total. The summed E-state index contributed by atoms with van der Waals surface area (Å²) in [5.74, 6) is 0. The second-order valence-electron chi connectivity index (χ2n) is 3.40. The summed E-state index contributed by atoms with van der Waals surface area (Å²) < 4.78 is 5.61. The molecule has 0 bridgehead atoms. The first kappa shape index (κ1) is 9.75. The van der Waals surface area contributed by atoms with E-state index in [1.54, 1.807) is 0 Å². The van der Waals surface area contributed by atoms with Gasteiger partial charge in [-0.3, -0.25) is 0 Å². The quantitative estimate of drug-likeness (QED) is 0.655. The summed E-state index contributed by atoms with van der Waals surface area (Å²) in [5, 5.41) is 8.93. The van der Waals surface area contributed by atoms with Gasteiger partial charge in [0.2, 0.25) is 0 Å². The first-order chi connectivity index (χ1) is 5.76. The van der Waals surface area contributed by atoms with Crippen molar-refractivity contribution in [1.82, 2.24) is 0 Å². The van der Waals surface area contributed by atoms with Crippen LogP contribution < -0.4 is 0 Å². The van der Waals surface area contributed by atoms with E-state index in [2.05, 4.69) is 19.9 Å². The van der Waals surface area contributed by atoms with Crippen molar-refractivity contribution >= 4 is 0 Å². The van der Waals surface area contributed by atoms with Crippen molar-refractivity contribution in [2.75, 3.05) is 6.61 Å². The molecule has 1 aliphatic heterocycles. The lowest BCUT2D eigenvalue weighted by Gasteiger charge is -2.07. The summed E-state index contributed by atoms with van der Waals surface area (Å²) in [6.07, 6.45) is 5.88. The highest BCUT2D eigenvalue weighted by Crippen LogP contribution is 2.21. The summed E-state index contributed by atoms with van der Waals surface area (Å²) in [6, 6.07) is 0. The Balaban J connectivity index is 2.43. The van der Waals surface area contributed by atoms with E-state index in [0.717, 1.165) is 24.8 Å². The van der Waals surface area contributed by atoms with Crippen LogP contribution in [0, 0.1) is 0 Å². The number of hydrogen-bond acceptors (Lipinski definition) is 2. The summed E-state index contributed by atoms with van der Waals surface area (Å²) in [7, 11) is 0. The topological polar surface area (TPSA) is 29.5 Å². The van der Waals surface area contributed by atoms with Crippen molar-refractivity contribution in [3.8, 4) is 0 Å². The van der Waals surface area contributed by atoms with Crippen molar-refractivity contribution in [2.45, 2.75) is 45.3 Å². The van der Waals surface area contributed by atoms with Gasteiger partial charge in [0.05, 0.1) is 18.8 Å². The molecule has 0 aromatic heterocycles. The van der Waals surface area contributed by atoms with Crippen molar-refractivity contribution in [3.05, 3.63) is 11.6 Å². The van der Waals surface area contributed by atoms with Gasteiger partial charge in [-0.1, -0.05) is 13.0 Å². The van der Waals surface area contributed by atoms with E-state index in [1.807, 2.05) is 0 Å². The lowest BCUT2D eigenvalue weighted by Crippen LogP contribution is -2.06. The van der Waals surface area contributed by atoms with Crippen LogP contribution in [0.4, 0.5) is 0 Å². The van der Waals surface area contributed by atoms with Gasteiger partial charge >= 0.3 is 0 Å². The molecule has 0 aromatic carbocycles. The average molecular weight is 170 g/mol. The Hall–Kier alpha value is -0.340. The molecule has 1 saturated heterocycles. The molecule has 0 spiro atoms. The third-order valence-corrected chi connectivity index (χ3v) is 2.34. The highest BCUT2D eigenvalue weighted by molar-refractivity contribution is 5.06. The average Bonchev–Trinajstić information content (AvgIpc) is 2.47. The first-order valence-electron chi connectivity index (χ1n) is 4.72. The summed E-state index contributed by atoms with van der Waals surface area (Å²) in [4.78, 5) is 0. The Morgan fingerprint density at radius 1 is 1.58 bits per heavy atom. The number of aliphatic hydroxyl groups is 1. The molecular weight excluding hydrogens is 152 g/mol. The van der Waals surface area contributed by atoms with Gasteiger partial charge in [-0.05, 0) is 31.8 Å². The van der Waals surface area contributed by atoms with Gasteiger partial charge in [0.25, 0.3) is 0 Å². The second kappa shape index (κ2) is 4.63. The van der Waals surface area contributed by atoms with E-state index in [0.29, 0.717) is 6.10 Å². The molecule has 0 amide bonds. The zero-order chi connectivity index (χ0) is 8.97. The van der Waals surface area contributed by atoms with Crippen molar-refractivity contribution in [3.63, 3.8) is 0 Å². The first-order valence-corrected chi connectivity index (χ1v) is 4.72. The fraction of sp³-hybridized carbons (Fsp3) is 0.800. The van der Waals surface area contributed by atoms with Crippen LogP contribution in [0.25, 0.3) is 0 Å². The molecule has 1 fully saturated rings. The van der Waals surface area contributed by atoms with Crippen LogP contribution in [0.3, 0.4) is 0 Å². The van der Waals surface area contributed by atoms with E-state index in [-0.39, 0.29) is 12.7 Å². The lowest BCUT2D eigenvalue weighted by atomic mass is 10.1. The van der Waals surface area contributed by atoms with Crippen LogP contribution in [0.15, 0.2) is 11.6 Å². The Morgan fingerprint density at radius 2 is 2.33 bits per heavy atom.